The summed E-state index contributed by atoms with van der Waals surface area (Å²) in [5.74, 6) is 1.90. The van der Waals surface area contributed by atoms with Gasteiger partial charge in [-0.2, -0.15) is 0 Å². The zero-order valence-electron chi connectivity index (χ0n) is 15.0. The Balaban J connectivity index is 1.53. The number of aromatic nitrogens is 3. The second-order valence-corrected chi connectivity index (χ2v) is 7.49. The summed E-state index contributed by atoms with van der Waals surface area (Å²) in [5, 5.41) is 12.4. The third-order valence-electron chi connectivity index (χ3n) is 4.60. The van der Waals surface area contributed by atoms with Crippen LogP contribution in [-0.2, 0) is 19.2 Å². The predicted molar refractivity (Wildman–Crippen MR) is 108 cm³/mol. The predicted octanol–water partition coefficient (Wildman–Crippen LogP) is 5.16. The zero-order chi connectivity index (χ0) is 17.9. The van der Waals surface area contributed by atoms with Crippen LogP contribution >= 0.6 is 11.8 Å². The van der Waals surface area contributed by atoms with Crippen molar-refractivity contribution < 1.29 is 0 Å². The Morgan fingerprint density at radius 1 is 0.923 bits per heavy atom. The summed E-state index contributed by atoms with van der Waals surface area (Å²) in [6.07, 6.45) is 0.788. The lowest BCUT2D eigenvalue weighted by Crippen LogP contribution is -2.01. The Morgan fingerprint density at radius 2 is 1.73 bits per heavy atom. The molecule has 0 spiro atoms. The molecule has 0 atom stereocenters. The molecule has 3 aromatic carbocycles. The van der Waals surface area contributed by atoms with E-state index in [-0.39, 0.29) is 0 Å². The topological polar surface area (TPSA) is 30.7 Å². The Morgan fingerprint density at radius 3 is 2.62 bits per heavy atom. The van der Waals surface area contributed by atoms with Crippen molar-refractivity contribution in [3.05, 3.63) is 89.2 Å². The van der Waals surface area contributed by atoms with Crippen LogP contribution in [0.5, 0.6) is 0 Å². The first kappa shape index (κ1) is 16.9. The highest BCUT2D eigenvalue weighted by Gasteiger charge is 2.11. The van der Waals surface area contributed by atoms with E-state index in [0.717, 1.165) is 23.2 Å². The van der Waals surface area contributed by atoms with Crippen LogP contribution in [0.2, 0.25) is 0 Å². The van der Waals surface area contributed by atoms with E-state index in [1.807, 2.05) is 0 Å². The van der Waals surface area contributed by atoms with Crippen molar-refractivity contribution in [2.75, 3.05) is 0 Å². The van der Waals surface area contributed by atoms with Crippen molar-refractivity contribution in [3.63, 3.8) is 0 Å². The molecule has 26 heavy (non-hydrogen) atoms. The second kappa shape index (κ2) is 7.34. The fourth-order valence-electron chi connectivity index (χ4n) is 3.19. The largest absolute Gasteiger partial charge is 0.309 e. The van der Waals surface area contributed by atoms with E-state index in [9.17, 15) is 0 Å². The summed E-state index contributed by atoms with van der Waals surface area (Å²) in [4.78, 5) is 0. The molecule has 4 aromatic rings. The summed E-state index contributed by atoms with van der Waals surface area (Å²) in [6.45, 7) is 2.12. The van der Waals surface area contributed by atoms with Gasteiger partial charge in [-0.25, -0.2) is 0 Å². The van der Waals surface area contributed by atoms with Crippen LogP contribution in [0.25, 0.3) is 10.8 Å². The molecular weight excluding hydrogens is 338 g/mol. The molecule has 0 bridgehead atoms. The van der Waals surface area contributed by atoms with E-state index >= 15 is 0 Å². The molecule has 4 rings (SSSR count). The molecule has 0 N–H and O–H groups in total. The van der Waals surface area contributed by atoms with Gasteiger partial charge in [0.15, 0.2) is 5.16 Å². The average Bonchev–Trinajstić information content (AvgIpc) is 3.00. The van der Waals surface area contributed by atoms with Gasteiger partial charge in [-0.15, -0.1) is 10.2 Å². The summed E-state index contributed by atoms with van der Waals surface area (Å²) >= 11 is 1.73. The summed E-state index contributed by atoms with van der Waals surface area (Å²) in [6, 6.07) is 23.5. The van der Waals surface area contributed by atoms with E-state index in [0.29, 0.717) is 0 Å². The normalized spacial score (nSPS) is 11.2. The zero-order valence-corrected chi connectivity index (χ0v) is 15.8. The van der Waals surface area contributed by atoms with Gasteiger partial charge < -0.3 is 4.57 Å². The molecule has 1 heterocycles. The minimum atomic E-state index is 0.788. The highest BCUT2D eigenvalue weighted by molar-refractivity contribution is 7.98. The first-order valence-electron chi connectivity index (χ1n) is 8.74. The lowest BCUT2D eigenvalue weighted by Gasteiger charge is -2.07. The molecule has 0 aliphatic rings. The maximum Gasteiger partial charge on any atom is 0.191 e. The average molecular weight is 359 g/mol. The van der Waals surface area contributed by atoms with Gasteiger partial charge in [-0.05, 0) is 28.8 Å². The fraction of sp³-hybridized carbons (Fsp3) is 0.182. The molecule has 0 amide bonds. The van der Waals surface area contributed by atoms with Crippen LogP contribution < -0.4 is 0 Å². The number of rotatable bonds is 5. The van der Waals surface area contributed by atoms with Crippen LogP contribution in [0, 0.1) is 6.92 Å². The van der Waals surface area contributed by atoms with Crippen molar-refractivity contribution >= 4 is 22.5 Å². The lowest BCUT2D eigenvalue weighted by atomic mass is 10.0. The Hall–Kier alpha value is -2.59. The van der Waals surface area contributed by atoms with Gasteiger partial charge in [0.05, 0.1) is 0 Å². The molecule has 0 fully saturated rings. The number of hydrogen-bond donors (Lipinski definition) is 0. The summed E-state index contributed by atoms with van der Waals surface area (Å²) < 4.78 is 2.11. The van der Waals surface area contributed by atoms with Crippen LogP contribution in [0.3, 0.4) is 0 Å². The van der Waals surface area contributed by atoms with E-state index in [4.69, 9.17) is 0 Å². The molecule has 0 aliphatic heterocycles. The Bertz CT molecular complexity index is 1050. The van der Waals surface area contributed by atoms with Gasteiger partial charge >= 0.3 is 0 Å². The van der Waals surface area contributed by atoms with Gasteiger partial charge in [0.2, 0.25) is 0 Å². The van der Waals surface area contributed by atoms with Gasteiger partial charge in [-0.3, -0.25) is 0 Å². The molecule has 0 radical (unpaired) electrons. The van der Waals surface area contributed by atoms with Gasteiger partial charge in [0.1, 0.15) is 5.82 Å². The Labute approximate surface area is 158 Å². The molecular formula is C22H21N3S. The fourth-order valence-corrected chi connectivity index (χ4v) is 4.06. The van der Waals surface area contributed by atoms with E-state index < -0.39 is 0 Å². The third-order valence-corrected chi connectivity index (χ3v) is 5.70. The maximum atomic E-state index is 4.44. The number of thioether (sulfide) groups is 1. The summed E-state index contributed by atoms with van der Waals surface area (Å²) in [7, 11) is 2.05. The number of aryl methyl sites for hydroxylation is 1. The molecule has 0 unspecified atom stereocenters. The second-order valence-electron chi connectivity index (χ2n) is 6.55. The Kier molecular flexibility index (Phi) is 4.76. The molecule has 3 nitrogen and oxygen atoms in total. The third kappa shape index (κ3) is 3.51. The minimum absolute atomic E-state index is 0.788. The SMILES string of the molecule is Cc1cccc(CSc2nnc(Cc3cccc4ccccc34)n2C)c1. The van der Waals surface area contributed by atoms with Crippen molar-refractivity contribution in [1.82, 2.24) is 14.8 Å². The molecule has 0 saturated carbocycles. The standard InChI is InChI=1S/C22H21N3S/c1-16-7-5-8-17(13-16)15-26-22-24-23-21(25(22)2)14-19-11-6-10-18-9-3-4-12-20(18)19/h3-13H,14-15H2,1-2H3. The summed E-state index contributed by atoms with van der Waals surface area (Å²) in [5.41, 5.74) is 3.89. The van der Waals surface area contributed by atoms with Crippen molar-refractivity contribution in [3.8, 4) is 0 Å². The van der Waals surface area contributed by atoms with E-state index in [1.54, 1.807) is 11.8 Å². The van der Waals surface area contributed by atoms with Crippen molar-refractivity contribution in [1.29, 1.82) is 0 Å². The maximum absolute atomic E-state index is 4.44. The van der Waals surface area contributed by atoms with Crippen LogP contribution in [0.1, 0.15) is 22.5 Å². The smallest absolute Gasteiger partial charge is 0.191 e. The molecule has 0 aliphatic carbocycles. The van der Waals surface area contributed by atoms with Crippen molar-refractivity contribution in [2.45, 2.75) is 24.3 Å². The van der Waals surface area contributed by atoms with Gasteiger partial charge in [-0.1, -0.05) is 84.1 Å². The molecule has 130 valence electrons. The minimum Gasteiger partial charge on any atom is -0.309 e. The monoisotopic (exact) mass is 359 g/mol. The van der Waals surface area contributed by atoms with Crippen LogP contribution in [0.15, 0.2) is 71.9 Å². The lowest BCUT2D eigenvalue weighted by molar-refractivity contribution is 0.750. The van der Waals surface area contributed by atoms with E-state index in [2.05, 4.69) is 95.5 Å². The number of hydrogen-bond acceptors (Lipinski definition) is 3. The first-order valence-corrected chi connectivity index (χ1v) is 9.72. The molecule has 1 aromatic heterocycles. The van der Waals surface area contributed by atoms with E-state index in [1.165, 1.54) is 27.5 Å². The quantitative estimate of drug-likeness (QED) is 0.461. The van der Waals surface area contributed by atoms with Crippen LogP contribution in [0.4, 0.5) is 0 Å². The highest BCUT2D eigenvalue weighted by Crippen LogP contribution is 2.24. The number of nitrogens with zero attached hydrogens (tertiary/aromatic N) is 3. The molecule has 4 heteroatoms. The van der Waals surface area contributed by atoms with Crippen molar-refractivity contribution in [2.24, 2.45) is 7.05 Å². The van der Waals surface area contributed by atoms with Gasteiger partial charge in [0.25, 0.3) is 0 Å². The number of benzene rings is 3. The van der Waals surface area contributed by atoms with Crippen LogP contribution in [-0.4, -0.2) is 14.8 Å². The molecule has 0 saturated heterocycles. The highest BCUT2D eigenvalue weighted by atomic mass is 32.2. The van der Waals surface area contributed by atoms with Gasteiger partial charge in [0, 0.05) is 19.2 Å². The first-order chi connectivity index (χ1) is 12.7. The number of fused-ring (bicyclic) bond motifs is 1.